The van der Waals surface area contributed by atoms with E-state index in [9.17, 15) is 27.6 Å². The van der Waals surface area contributed by atoms with Crippen LogP contribution in [0.3, 0.4) is 0 Å². The van der Waals surface area contributed by atoms with E-state index in [0.29, 0.717) is 5.56 Å². The van der Waals surface area contributed by atoms with Gasteiger partial charge >= 0.3 is 12.1 Å². The number of rotatable bonds is 7. The van der Waals surface area contributed by atoms with Gasteiger partial charge in [-0.2, -0.15) is 13.2 Å². The third-order valence-electron chi connectivity index (χ3n) is 4.16. The van der Waals surface area contributed by atoms with Crippen LogP contribution in [0.4, 0.5) is 13.2 Å². The predicted octanol–water partition coefficient (Wildman–Crippen LogP) is 1.27. The minimum atomic E-state index is -4.49. The summed E-state index contributed by atoms with van der Waals surface area (Å²) in [6.45, 7) is -0.289. The highest BCUT2D eigenvalue weighted by Crippen LogP contribution is 2.30. The molecule has 148 valence electrons. The lowest BCUT2D eigenvalue weighted by Gasteiger charge is -2.19. The highest BCUT2D eigenvalue weighted by atomic mass is 19.4. The van der Waals surface area contributed by atoms with Crippen LogP contribution in [0.2, 0.25) is 0 Å². The Bertz CT molecular complexity index is 723. The summed E-state index contributed by atoms with van der Waals surface area (Å²) in [5.41, 5.74) is -0.521. The first-order valence-corrected chi connectivity index (χ1v) is 8.08. The molecule has 1 aromatic rings. The lowest BCUT2D eigenvalue weighted by Crippen LogP contribution is -2.46. The second-order valence-corrected chi connectivity index (χ2v) is 6.23. The van der Waals surface area contributed by atoms with E-state index in [4.69, 9.17) is 9.84 Å². The Kier molecular flexibility index (Phi) is 6.42. The number of hydrogen-bond acceptors (Lipinski definition) is 4. The van der Waals surface area contributed by atoms with Gasteiger partial charge in [0.2, 0.25) is 11.8 Å². The molecule has 0 spiro atoms. The molecule has 1 saturated heterocycles. The summed E-state index contributed by atoms with van der Waals surface area (Å²) in [5, 5.41) is 11.3. The average molecular weight is 388 g/mol. The quantitative estimate of drug-likeness (QED) is 0.734. The molecule has 0 saturated carbocycles. The first-order chi connectivity index (χ1) is 12.6. The van der Waals surface area contributed by atoms with Crippen molar-refractivity contribution in [3.8, 4) is 0 Å². The molecule has 10 heteroatoms. The van der Waals surface area contributed by atoms with Gasteiger partial charge in [0.25, 0.3) is 0 Å². The molecular weight excluding hydrogens is 369 g/mol. The molecule has 1 aliphatic heterocycles. The number of halogens is 3. The van der Waals surface area contributed by atoms with Crippen LogP contribution in [-0.2, 0) is 31.8 Å². The van der Waals surface area contributed by atoms with Crippen LogP contribution in [0.5, 0.6) is 0 Å². The van der Waals surface area contributed by atoms with Gasteiger partial charge in [0.1, 0.15) is 0 Å². The van der Waals surface area contributed by atoms with Gasteiger partial charge in [0, 0.05) is 26.6 Å². The van der Waals surface area contributed by atoms with Crippen molar-refractivity contribution in [1.29, 1.82) is 0 Å². The minimum absolute atomic E-state index is 0.000231. The zero-order chi connectivity index (χ0) is 20.2. The van der Waals surface area contributed by atoms with Gasteiger partial charge in [-0.05, 0) is 17.7 Å². The molecule has 2 atom stereocenters. The molecule has 1 heterocycles. The standard InChI is InChI=1S/C17H19F3N2O5/c1-27-9-13(16(25)26)21-15(24)11-6-14(23)22(8-11)7-10-3-2-4-12(5-10)17(18,19)20/h2-5,11,13H,6-9H2,1H3,(H,21,24)(H,25,26). The molecule has 2 unspecified atom stereocenters. The Hall–Kier alpha value is -2.62. The predicted molar refractivity (Wildman–Crippen MR) is 86.4 cm³/mol. The van der Waals surface area contributed by atoms with Gasteiger partial charge in [-0.3, -0.25) is 9.59 Å². The SMILES string of the molecule is COCC(NC(=O)C1CC(=O)N(Cc2cccc(C(F)(F)F)c2)C1)C(=O)O. The molecule has 0 bridgehead atoms. The molecule has 2 amide bonds. The number of carboxylic acids is 1. The number of carbonyl (C=O) groups excluding carboxylic acids is 2. The molecule has 2 N–H and O–H groups in total. The number of benzene rings is 1. The van der Waals surface area contributed by atoms with E-state index in [1.807, 2.05) is 0 Å². The third-order valence-corrected chi connectivity index (χ3v) is 4.16. The first-order valence-electron chi connectivity index (χ1n) is 8.08. The maximum Gasteiger partial charge on any atom is 0.416 e. The van der Waals surface area contributed by atoms with Crippen LogP contribution >= 0.6 is 0 Å². The average Bonchev–Trinajstić information content (AvgIpc) is 2.94. The number of likely N-dealkylation sites (tertiary alicyclic amines) is 1. The van der Waals surface area contributed by atoms with Crippen molar-refractivity contribution < 1.29 is 37.4 Å². The molecule has 0 aromatic heterocycles. The highest BCUT2D eigenvalue weighted by molar-refractivity contribution is 5.91. The molecule has 0 aliphatic carbocycles. The Morgan fingerprint density at radius 1 is 1.41 bits per heavy atom. The molecule has 27 heavy (non-hydrogen) atoms. The zero-order valence-electron chi connectivity index (χ0n) is 14.5. The smallest absolute Gasteiger partial charge is 0.416 e. The van der Waals surface area contributed by atoms with Gasteiger partial charge in [-0.1, -0.05) is 12.1 Å². The van der Waals surface area contributed by atoms with Crippen molar-refractivity contribution in [2.75, 3.05) is 20.3 Å². The summed E-state index contributed by atoms with van der Waals surface area (Å²) >= 11 is 0. The van der Waals surface area contributed by atoms with E-state index in [1.54, 1.807) is 0 Å². The summed E-state index contributed by atoms with van der Waals surface area (Å²) in [4.78, 5) is 36.7. The van der Waals surface area contributed by atoms with Crippen LogP contribution < -0.4 is 5.32 Å². The Labute approximate surface area is 153 Å². The number of hydrogen-bond donors (Lipinski definition) is 2. The van der Waals surface area contributed by atoms with Crippen molar-refractivity contribution in [1.82, 2.24) is 10.2 Å². The molecule has 1 aromatic carbocycles. The van der Waals surface area contributed by atoms with Crippen LogP contribution in [0.1, 0.15) is 17.5 Å². The number of aliphatic carboxylic acids is 1. The van der Waals surface area contributed by atoms with Crippen LogP contribution in [-0.4, -0.2) is 54.1 Å². The van der Waals surface area contributed by atoms with E-state index in [0.717, 1.165) is 12.1 Å². The zero-order valence-corrected chi connectivity index (χ0v) is 14.5. The van der Waals surface area contributed by atoms with E-state index in [2.05, 4.69) is 5.32 Å². The summed E-state index contributed by atoms with van der Waals surface area (Å²) in [5.74, 6) is -3.04. The Balaban J connectivity index is 2.01. The van der Waals surface area contributed by atoms with E-state index < -0.39 is 35.6 Å². The number of alkyl halides is 3. The van der Waals surface area contributed by atoms with Crippen molar-refractivity contribution in [2.45, 2.75) is 25.2 Å². The van der Waals surface area contributed by atoms with E-state index in [-0.39, 0.29) is 32.0 Å². The largest absolute Gasteiger partial charge is 0.480 e. The van der Waals surface area contributed by atoms with Crippen molar-refractivity contribution in [2.24, 2.45) is 5.92 Å². The van der Waals surface area contributed by atoms with Crippen molar-refractivity contribution >= 4 is 17.8 Å². The van der Waals surface area contributed by atoms with E-state index in [1.165, 1.54) is 24.1 Å². The van der Waals surface area contributed by atoms with Crippen LogP contribution in [0.15, 0.2) is 24.3 Å². The van der Waals surface area contributed by atoms with Crippen LogP contribution in [0.25, 0.3) is 0 Å². The highest BCUT2D eigenvalue weighted by Gasteiger charge is 2.36. The fourth-order valence-corrected chi connectivity index (χ4v) is 2.80. The van der Waals surface area contributed by atoms with Gasteiger partial charge in [0.05, 0.1) is 18.1 Å². The van der Waals surface area contributed by atoms with Gasteiger partial charge in [0.15, 0.2) is 6.04 Å². The van der Waals surface area contributed by atoms with Gasteiger partial charge < -0.3 is 20.1 Å². The third kappa shape index (κ3) is 5.43. The first kappa shape index (κ1) is 20.7. The normalized spacial score (nSPS) is 18.4. The number of amides is 2. The fraction of sp³-hybridized carbons (Fsp3) is 0.471. The molecule has 0 radical (unpaired) electrons. The van der Waals surface area contributed by atoms with Crippen LogP contribution in [0, 0.1) is 5.92 Å². The lowest BCUT2D eigenvalue weighted by molar-refractivity contribution is -0.144. The summed E-state index contributed by atoms with van der Waals surface area (Å²) in [7, 11) is 1.29. The van der Waals surface area contributed by atoms with Gasteiger partial charge in [-0.15, -0.1) is 0 Å². The van der Waals surface area contributed by atoms with Crippen molar-refractivity contribution in [3.63, 3.8) is 0 Å². The minimum Gasteiger partial charge on any atom is -0.480 e. The molecule has 1 fully saturated rings. The number of methoxy groups -OCH3 is 1. The molecule has 7 nitrogen and oxygen atoms in total. The topological polar surface area (TPSA) is 95.9 Å². The Morgan fingerprint density at radius 3 is 2.70 bits per heavy atom. The van der Waals surface area contributed by atoms with Gasteiger partial charge in [-0.25, -0.2) is 4.79 Å². The summed E-state index contributed by atoms with van der Waals surface area (Å²) in [6.07, 6.45) is -4.62. The number of carboxylic acid groups (broad SMARTS) is 1. The number of nitrogens with zero attached hydrogens (tertiary/aromatic N) is 1. The second-order valence-electron chi connectivity index (χ2n) is 6.23. The molecule has 2 rings (SSSR count). The summed E-state index contributed by atoms with van der Waals surface area (Å²) in [6, 6.07) is 3.38. The molecule has 1 aliphatic rings. The number of ether oxygens (including phenoxy) is 1. The van der Waals surface area contributed by atoms with E-state index >= 15 is 0 Å². The lowest BCUT2D eigenvalue weighted by atomic mass is 10.1. The maximum atomic E-state index is 12.8. The molecular formula is C17H19F3N2O5. The monoisotopic (exact) mass is 388 g/mol. The second kappa shape index (κ2) is 8.38. The maximum absolute atomic E-state index is 12.8. The number of nitrogens with one attached hydrogen (secondary N) is 1. The summed E-state index contributed by atoms with van der Waals surface area (Å²) < 4.78 is 43.1. The Morgan fingerprint density at radius 2 is 2.11 bits per heavy atom. The van der Waals surface area contributed by atoms with Crippen molar-refractivity contribution in [3.05, 3.63) is 35.4 Å². The fourth-order valence-electron chi connectivity index (χ4n) is 2.80. The number of carbonyl (C=O) groups is 3.